The monoisotopic (exact) mass is 328 g/mol. The molecule has 0 spiro atoms. The Hall–Kier alpha value is -1.88. The van der Waals surface area contributed by atoms with Crippen molar-refractivity contribution in [3.05, 3.63) is 34.9 Å². The lowest BCUT2D eigenvalue weighted by molar-refractivity contribution is -0.127. The summed E-state index contributed by atoms with van der Waals surface area (Å²) in [4.78, 5) is 27.4. The van der Waals surface area contributed by atoms with Crippen molar-refractivity contribution < 1.29 is 14.3 Å². The van der Waals surface area contributed by atoms with Crippen LogP contribution in [0.15, 0.2) is 18.2 Å². The highest BCUT2D eigenvalue weighted by Gasteiger charge is 2.51. The number of carbonyl (C=O) groups excluding carboxylic acids is 2. The zero-order chi connectivity index (χ0) is 16.8. The molecule has 1 saturated carbocycles. The molecule has 0 aromatic heterocycles. The van der Waals surface area contributed by atoms with E-state index >= 15 is 0 Å². The minimum atomic E-state index is -0.243. The molecular weight excluding hydrogens is 304 g/mol. The standard InChI is InChI=1S/C19H24N2O3/c1-11-7-12(2)9-13(8-11)19(23)21-10-15(17-16(21)5-6-24-17)18(22)20-14-3-4-14/h7-9,14-17H,3-6,10H2,1-2H3,(H,20,22)/t15-,16+,17+/m0/s1. The highest BCUT2D eigenvalue weighted by atomic mass is 16.5. The number of carbonyl (C=O) groups is 2. The molecule has 3 aliphatic rings. The number of rotatable bonds is 3. The molecule has 1 aromatic rings. The third kappa shape index (κ3) is 2.81. The first-order chi connectivity index (χ1) is 11.5. The fourth-order valence-corrected chi connectivity index (χ4v) is 4.03. The zero-order valence-electron chi connectivity index (χ0n) is 14.2. The van der Waals surface area contributed by atoms with Crippen molar-refractivity contribution >= 4 is 11.8 Å². The van der Waals surface area contributed by atoms with Crippen LogP contribution in [-0.4, -0.2) is 48.1 Å². The van der Waals surface area contributed by atoms with Gasteiger partial charge in [-0.15, -0.1) is 0 Å². The third-order valence-electron chi connectivity index (χ3n) is 5.28. The molecule has 0 unspecified atom stereocenters. The number of benzene rings is 1. The van der Waals surface area contributed by atoms with Gasteiger partial charge in [-0.25, -0.2) is 0 Å². The SMILES string of the molecule is Cc1cc(C)cc(C(=O)N2C[C@H](C(=O)NC3CC3)[C@H]3OCC[C@H]32)c1. The maximum absolute atomic E-state index is 13.0. The Bertz CT molecular complexity index is 663. The molecule has 3 atom stereocenters. The van der Waals surface area contributed by atoms with Gasteiger partial charge in [-0.05, 0) is 45.2 Å². The van der Waals surface area contributed by atoms with Crippen LogP contribution in [0.3, 0.4) is 0 Å². The Kier molecular flexibility index (Phi) is 3.83. The van der Waals surface area contributed by atoms with Crippen LogP contribution >= 0.6 is 0 Å². The van der Waals surface area contributed by atoms with Gasteiger partial charge in [0, 0.05) is 24.8 Å². The van der Waals surface area contributed by atoms with E-state index in [-0.39, 0.29) is 29.9 Å². The summed E-state index contributed by atoms with van der Waals surface area (Å²) < 4.78 is 5.82. The zero-order valence-corrected chi connectivity index (χ0v) is 14.2. The molecule has 0 radical (unpaired) electrons. The van der Waals surface area contributed by atoms with Crippen LogP contribution in [0.1, 0.15) is 40.7 Å². The topological polar surface area (TPSA) is 58.6 Å². The number of ether oxygens (including phenoxy) is 1. The van der Waals surface area contributed by atoms with Crippen LogP contribution in [0, 0.1) is 19.8 Å². The molecule has 128 valence electrons. The van der Waals surface area contributed by atoms with Crippen molar-refractivity contribution in [2.45, 2.75) is 51.3 Å². The van der Waals surface area contributed by atoms with Gasteiger partial charge in [0.1, 0.15) is 0 Å². The lowest BCUT2D eigenvalue weighted by Crippen LogP contribution is -2.39. The summed E-state index contributed by atoms with van der Waals surface area (Å²) in [5, 5.41) is 3.07. The Morgan fingerprint density at radius 3 is 2.50 bits per heavy atom. The Morgan fingerprint density at radius 2 is 1.83 bits per heavy atom. The quantitative estimate of drug-likeness (QED) is 0.921. The molecular formula is C19H24N2O3. The molecule has 4 rings (SSSR count). The van der Waals surface area contributed by atoms with Crippen molar-refractivity contribution in [2.24, 2.45) is 5.92 Å². The average molecular weight is 328 g/mol. The van der Waals surface area contributed by atoms with Crippen LogP contribution < -0.4 is 5.32 Å². The van der Waals surface area contributed by atoms with Crippen LogP contribution in [-0.2, 0) is 9.53 Å². The van der Waals surface area contributed by atoms with Gasteiger partial charge in [0.15, 0.2) is 0 Å². The van der Waals surface area contributed by atoms with Crippen molar-refractivity contribution in [1.82, 2.24) is 10.2 Å². The summed E-state index contributed by atoms with van der Waals surface area (Å²) in [6.07, 6.45) is 2.80. The molecule has 1 aliphatic carbocycles. The summed E-state index contributed by atoms with van der Waals surface area (Å²) in [7, 11) is 0. The molecule has 1 aromatic carbocycles. The minimum Gasteiger partial charge on any atom is -0.375 e. The first-order valence-corrected chi connectivity index (χ1v) is 8.84. The second kappa shape index (κ2) is 5.88. The molecule has 24 heavy (non-hydrogen) atoms. The van der Waals surface area contributed by atoms with Gasteiger partial charge >= 0.3 is 0 Å². The van der Waals surface area contributed by atoms with Crippen molar-refractivity contribution in [3.63, 3.8) is 0 Å². The fourth-order valence-electron chi connectivity index (χ4n) is 4.03. The largest absolute Gasteiger partial charge is 0.375 e. The molecule has 2 heterocycles. The summed E-state index contributed by atoms with van der Waals surface area (Å²) >= 11 is 0. The Morgan fingerprint density at radius 1 is 1.12 bits per heavy atom. The van der Waals surface area contributed by atoms with E-state index in [1.54, 1.807) is 0 Å². The number of hydrogen-bond donors (Lipinski definition) is 1. The smallest absolute Gasteiger partial charge is 0.254 e. The van der Waals surface area contributed by atoms with Crippen LogP contribution in [0.2, 0.25) is 0 Å². The van der Waals surface area contributed by atoms with Gasteiger partial charge < -0.3 is 15.0 Å². The Labute approximate surface area is 142 Å². The second-order valence-electron chi connectivity index (χ2n) is 7.41. The van der Waals surface area contributed by atoms with E-state index in [2.05, 4.69) is 11.4 Å². The number of likely N-dealkylation sites (tertiary alicyclic amines) is 1. The summed E-state index contributed by atoms with van der Waals surface area (Å²) in [5.74, 6) is -0.179. The summed E-state index contributed by atoms with van der Waals surface area (Å²) in [5.41, 5.74) is 2.88. The number of amides is 2. The predicted octanol–water partition coefficient (Wildman–Crippen LogP) is 1.81. The maximum Gasteiger partial charge on any atom is 0.254 e. The van der Waals surface area contributed by atoms with Crippen LogP contribution in [0.25, 0.3) is 0 Å². The minimum absolute atomic E-state index is 0.0176. The van der Waals surface area contributed by atoms with E-state index in [1.165, 1.54) is 0 Å². The highest BCUT2D eigenvalue weighted by molar-refractivity contribution is 5.96. The van der Waals surface area contributed by atoms with Gasteiger partial charge in [0.05, 0.1) is 18.1 Å². The first-order valence-electron chi connectivity index (χ1n) is 8.84. The predicted molar refractivity (Wildman–Crippen MR) is 89.8 cm³/mol. The number of nitrogens with one attached hydrogen (secondary N) is 1. The molecule has 2 amide bonds. The van der Waals surface area contributed by atoms with Crippen molar-refractivity contribution in [2.75, 3.05) is 13.2 Å². The van der Waals surface area contributed by atoms with Crippen molar-refractivity contribution in [1.29, 1.82) is 0 Å². The lowest BCUT2D eigenvalue weighted by Gasteiger charge is -2.23. The van der Waals surface area contributed by atoms with Crippen molar-refractivity contribution in [3.8, 4) is 0 Å². The van der Waals surface area contributed by atoms with E-state index in [0.717, 1.165) is 30.4 Å². The van der Waals surface area contributed by atoms with Gasteiger partial charge in [-0.3, -0.25) is 9.59 Å². The summed E-state index contributed by atoms with van der Waals surface area (Å²) in [6.45, 7) is 5.08. The number of nitrogens with zero attached hydrogens (tertiary/aromatic N) is 1. The number of fused-ring (bicyclic) bond motifs is 1. The van der Waals surface area contributed by atoms with E-state index < -0.39 is 0 Å². The van der Waals surface area contributed by atoms with Crippen LogP contribution in [0.4, 0.5) is 0 Å². The number of hydrogen-bond acceptors (Lipinski definition) is 3. The molecule has 2 saturated heterocycles. The molecule has 3 fully saturated rings. The average Bonchev–Trinajstić information content (AvgIpc) is 3.08. The lowest BCUT2D eigenvalue weighted by atomic mass is 10.0. The van der Waals surface area contributed by atoms with E-state index in [0.29, 0.717) is 24.8 Å². The molecule has 2 aliphatic heterocycles. The van der Waals surface area contributed by atoms with Gasteiger partial charge in [-0.2, -0.15) is 0 Å². The van der Waals surface area contributed by atoms with Gasteiger partial charge in [0.25, 0.3) is 5.91 Å². The summed E-state index contributed by atoms with van der Waals surface area (Å²) in [6, 6.07) is 6.28. The van der Waals surface area contributed by atoms with E-state index in [9.17, 15) is 9.59 Å². The molecule has 5 heteroatoms. The molecule has 1 N–H and O–H groups in total. The van der Waals surface area contributed by atoms with Crippen LogP contribution in [0.5, 0.6) is 0 Å². The normalized spacial score (nSPS) is 28.8. The first kappa shape index (κ1) is 15.6. The van der Waals surface area contributed by atoms with E-state index in [4.69, 9.17) is 4.74 Å². The molecule has 5 nitrogen and oxygen atoms in total. The molecule has 0 bridgehead atoms. The van der Waals surface area contributed by atoms with E-state index in [1.807, 2.05) is 30.9 Å². The number of aryl methyl sites for hydroxylation is 2. The second-order valence-corrected chi connectivity index (χ2v) is 7.41. The Balaban J connectivity index is 1.56. The third-order valence-corrected chi connectivity index (χ3v) is 5.28. The van der Waals surface area contributed by atoms with Gasteiger partial charge in [0.2, 0.25) is 5.91 Å². The highest BCUT2D eigenvalue weighted by Crippen LogP contribution is 2.35. The maximum atomic E-state index is 13.0. The fraction of sp³-hybridized carbons (Fsp3) is 0.579. The van der Waals surface area contributed by atoms with Gasteiger partial charge in [-0.1, -0.05) is 17.2 Å².